The van der Waals surface area contributed by atoms with Gasteiger partial charge in [-0.25, -0.2) is 30.0 Å². The van der Waals surface area contributed by atoms with Gasteiger partial charge in [-0.05, 0) is 145 Å². The molecule has 0 spiro atoms. The van der Waals surface area contributed by atoms with Crippen LogP contribution in [0.4, 0.5) is 33.0 Å². The second kappa shape index (κ2) is 19.0. The average Bonchev–Trinajstić information content (AvgIpc) is 3.84. The second-order valence-corrected chi connectivity index (χ2v) is 21.3. The fraction of sp³-hybridized carbons (Fsp3) is 0.136. The van der Waals surface area contributed by atoms with Gasteiger partial charge in [-0.1, -0.05) is 69.1 Å². The Morgan fingerprint density at radius 3 is 1.20 bits per heavy atom. The van der Waals surface area contributed by atoms with Crippen LogP contribution in [0.3, 0.4) is 0 Å². The highest BCUT2D eigenvalue weighted by Gasteiger charge is 2.31. The van der Waals surface area contributed by atoms with Crippen molar-refractivity contribution >= 4 is 180 Å². The minimum Gasteiger partial charge on any atom is -0.331 e. The number of hydrazine groups is 1. The highest BCUT2D eigenvalue weighted by Crippen LogP contribution is 2.39. The molecule has 64 heavy (non-hydrogen) atoms. The highest BCUT2D eigenvalue weighted by atomic mass is 35.5. The smallest absolute Gasteiger partial charge is 0.198 e. The van der Waals surface area contributed by atoms with E-state index in [1.165, 1.54) is 43.6 Å². The van der Waals surface area contributed by atoms with Crippen molar-refractivity contribution in [1.29, 1.82) is 0 Å². The number of thiocarbonyl (C=S) groups is 2. The lowest BCUT2D eigenvalue weighted by Crippen LogP contribution is -2.47. The van der Waals surface area contributed by atoms with Crippen LogP contribution >= 0.6 is 116 Å². The maximum Gasteiger partial charge on any atom is 0.198 e. The molecule has 10 nitrogen and oxygen atoms in total. The predicted molar refractivity (Wildman–Crippen MR) is 279 cm³/mol. The van der Waals surface area contributed by atoms with E-state index in [9.17, 15) is 0 Å². The first kappa shape index (κ1) is 43.7. The molecular formula is C44H32Cl4N10S6. The lowest BCUT2D eigenvalue weighted by atomic mass is 10.1. The first-order valence-electron chi connectivity index (χ1n) is 19.8. The van der Waals surface area contributed by atoms with Crippen LogP contribution in [-0.4, -0.2) is 43.3 Å². The molecule has 0 unspecified atom stereocenters. The maximum absolute atomic E-state index is 6.19. The van der Waals surface area contributed by atoms with Crippen molar-refractivity contribution in [1.82, 2.24) is 20.0 Å². The molecule has 0 aliphatic carbocycles. The topological polar surface area (TPSA) is 105 Å². The Labute approximate surface area is 413 Å². The minimum absolute atomic E-state index is 0.354. The molecule has 0 saturated heterocycles. The van der Waals surface area contributed by atoms with Gasteiger partial charge < -0.3 is 21.3 Å². The summed E-state index contributed by atoms with van der Waals surface area (Å²) in [5.41, 5.74) is 5.91. The Bertz CT molecular complexity index is 3010. The van der Waals surface area contributed by atoms with E-state index in [-0.39, 0.29) is 0 Å². The molecule has 0 radical (unpaired) electrons. The molecule has 2 aliphatic heterocycles. The van der Waals surface area contributed by atoms with Crippen molar-refractivity contribution < 1.29 is 0 Å². The molecule has 4 N–H and O–H groups in total. The second-order valence-electron chi connectivity index (χ2n) is 14.7. The largest absolute Gasteiger partial charge is 0.331 e. The SMILES string of the molecule is S=C(N=c1sc(Nc2ccc(Cl)cc2)nc2sc3c(c12)CCN(N1CCc2c(sc4nc(Nc5ccc(Cl)cc5)sc(=NC(=S)Nc5ccc(Cl)cc5)c24)C1)C3)Nc1ccc(Cl)cc1. The van der Waals surface area contributed by atoms with Gasteiger partial charge in [0.05, 0.1) is 10.8 Å². The van der Waals surface area contributed by atoms with E-state index in [2.05, 4.69) is 31.3 Å². The molecule has 8 aromatic rings. The normalized spacial score (nSPS) is 14.7. The number of rotatable bonds is 7. The number of thiophene rings is 2. The third-order valence-electron chi connectivity index (χ3n) is 10.4. The van der Waals surface area contributed by atoms with Gasteiger partial charge in [-0.3, -0.25) is 0 Å². The quantitative estimate of drug-likeness (QED) is 0.115. The van der Waals surface area contributed by atoms with Crippen molar-refractivity contribution in [2.24, 2.45) is 9.98 Å². The lowest BCUT2D eigenvalue weighted by Gasteiger charge is -2.39. The molecule has 4 aromatic carbocycles. The molecule has 2 aliphatic rings. The van der Waals surface area contributed by atoms with E-state index in [0.717, 1.165) is 91.5 Å². The number of fused-ring (bicyclic) bond motifs is 6. The molecule has 0 amide bonds. The average molecular weight is 1040 g/mol. The Morgan fingerprint density at radius 2 is 0.844 bits per heavy atom. The van der Waals surface area contributed by atoms with Crippen LogP contribution in [0.2, 0.25) is 20.1 Å². The summed E-state index contributed by atoms with van der Waals surface area (Å²) in [6.07, 6.45) is 1.68. The van der Waals surface area contributed by atoms with E-state index in [4.69, 9.17) is 90.8 Å². The van der Waals surface area contributed by atoms with Crippen molar-refractivity contribution in [3.63, 3.8) is 0 Å². The lowest BCUT2D eigenvalue weighted by molar-refractivity contribution is -0.0470. The number of anilines is 6. The van der Waals surface area contributed by atoms with Gasteiger partial charge in [-0.15, -0.1) is 22.7 Å². The molecule has 322 valence electrons. The van der Waals surface area contributed by atoms with Crippen LogP contribution in [0, 0.1) is 0 Å². The number of halogens is 4. The predicted octanol–water partition coefficient (Wildman–Crippen LogP) is 13.1. The molecule has 0 saturated carbocycles. The van der Waals surface area contributed by atoms with Crippen LogP contribution in [0.5, 0.6) is 0 Å². The zero-order valence-corrected chi connectivity index (χ0v) is 41.0. The molecule has 10 rings (SSSR count). The first-order chi connectivity index (χ1) is 31.1. The Kier molecular flexibility index (Phi) is 13.0. The third kappa shape index (κ3) is 9.84. The van der Waals surface area contributed by atoms with Crippen LogP contribution in [0.1, 0.15) is 20.9 Å². The monoisotopic (exact) mass is 1030 g/mol. The fourth-order valence-corrected chi connectivity index (χ4v) is 13.1. The van der Waals surface area contributed by atoms with Gasteiger partial charge in [0.15, 0.2) is 20.5 Å². The van der Waals surface area contributed by atoms with E-state index < -0.39 is 0 Å². The third-order valence-corrected chi connectivity index (χ3v) is 15.8. The standard InChI is InChI=1S/C44H32Cl4N10S6/c45-23-1-9-27(10-2-23)49-41(59)53-37-35-31-17-19-57(21-33(31)61-39(35)55-43(63-37)51-29-13-5-25(47)6-14-29)58-20-18-32-34(22-58)62-40-36(32)38(54-42(60)50-28-11-3-24(46)4-12-28)64-44(56-40)52-30-15-7-26(48)8-16-30/h1-16H,17-22H2,(H,49,59)(H,50,60)(H,51,55)(H,52,56). The van der Waals surface area contributed by atoms with Gasteiger partial charge >= 0.3 is 0 Å². The van der Waals surface area contributed by atoms with Crippen molar-refractivity contribution in [2.75, 3.05) is 34.4 Å². The van der Waals surface area contributed by atoms with Crippen molar-refractivity contribution in [3.8, 4) is 0 Å². The van der Waals surface area contributed by atoms with E-state index >= 15 is 0 Å². The number of hydrogen-bond acceptors (Lipinski definition) is 12. The Hall–Kier alpha value is -4.14. The highest BCUT2D eigenvalue weighted by molar-refractivity contribution is 7.80. The molecule has 20 heteroatoms. The van der Waals surface area contributed by atoms with Gasteiger partial charge in [0.2, 0.25) is 0 Å². The van der Waals surface area contributed by atoms with Crippen LogP contribution in [0.15, 0.2) is 107 Å². The summed E-state index contributed by atoms with van der Waals surface area (Å²) in [4.78, 5) is 24.6. The number of nitrogens with one attached hydrogen (secondary N) is 4. The maximum atomic E-state index is 6.19. The summed E-state index contributed by atoms with van der Waals surface area (Å²) < 4.78 is 1.60. The van der Waals surface area contributed by atoms with Crippen molar-refractivity contribution in [3.05, 3.63) is 147 Å². The zero-order chi connectivity index (χ0) is 43.9. The van der Waals surface area contributed by atoms with E-state index in [0.29, 0.717) is 40.6 Å². The van der Waals surface area contributed by atoms with E-state index in [1.807, 2.05) is 97.1 Å². The van der Waals surface area contributed by atoms with Gasteiger partial charge in [0.1, 0.15) is 19.0 Å². The Morgan fingerprint density at radius 1 is 0.500 bits per heavy atom. The summed E-state index contributed by atoms with van der Waals surface area (Å²) in [5.74, 6) is 0. The zero-order valence-electron chi connectivity index (χ0n) is 33.1. The minimum atomic E-state index is 0.354. The molecular weight excluding hydrogens is 1000 g/mol. The van der Waals surface area contributed by atoms with Crippen LogP contribution in [0.25, 0.3) is 20.4 Å². The Balaban J connectivity index is 0.952. The molecule has 0 bridgehead atoms. The molecule has 6 heterocycles. The summed E-state index contributed by atoms with van der Waals surface area (Å²) >= 11 is 42.6. The van der Waals surface area contributed by atoms with E-state index in [1.54, 1.807) is 22.7 Å². The first-order valence-corrected chi connectivity index (χ1v) is 25.3. The van der Waals surface area contributed by atoms with Crippen molar-refractivity contribution in [2.45, 2.75) is 25.9 Å². The summed E-state index contributed by atoms with van der Waals surface area (Å²) in [5, 5.41) is 25.2. The summed E-state index contributed by atoms with van der Waals surface area (Å²) in [7, 11) is 0. The van der Waals surface area contributed by atoms with Gasteiger partial charge in [0.25, 0.3) is 0 Å². The van der Waals surface area contributed by atoms with Crippen LogP contribution in [-0.2, 0) is 25.9 Å². The van der Waals surface area contributed by atoms with Gasteiger partial charge in [0, 0.05) is 78.8 Å². The van der Waals surface area contributed by atoms with Crippen LogP contribution < -0.4 is 30.6 Å². The molecule has 0 atom stereocenters. The number of hydrogen-bond donors (Lipinski definition) is 4. The number of aromatic nitrogens is 2. The van der Waals surface area contributed by atoms with Gasteiger partial charge in [-0.2, -0.15) is 0 Å². The number of nitrogens with zero attached hydrogens (tertiary/aromatic N) is 6. The fourth-order valence-electron chi connectivity index (χ4n) is 7.48. The molecule has 4 aromatic heterocycles. The summed E-state index contributed by atoms with van der Waals surface area (Å²) in [6.45, 7) is 3.22. The number of benzene rings is 4. The summed E-state index contributed by atoms with van der Waals surface area (Å²) in [6, 6.07) is 29.9. The molecule has 0 fully saturated rings.